The van der Waals surface area contributed by atoms with Gasteiger partial charge in [0.1, 0.15) is 0 Å². The Bertz CT molecular complexity index is 1060. The van der Waals surface area contributed by atoms with Crippen molar-refractivity contribution >= 4 is 22.6 Å². The third-order valence-electron chi connectivity index (χ3n) is 4.04. The van der Waals surface area contributed by atoms with E-state index in [0.29, 0.717) is 23.7 Å². The number of aromatic nitrogens is 5. The molecule has 0 bridgehead atoms. The van der Waals surface area contributed by atoms with Crippen molar-refractivity contribution in [2.24, 2.45) is 0 Å². The van der Waals surface area contributed by atoms with E-state index in [2.05, 4.69) is 20.5 Å². The van der Waals surface area contributed by atoms with E-state index in [9.17, 15) is 22.8 Å². The number of nitrogens with one attached hydrogen (secondary N) is 2. The average molecular weight is 394 g/mol. The molecule has 0 atom stereocenters. The topological polar surface area (TPSA) is 106 Å². The molecule has 2 N–H and O–H groups in total. The summed E-state index contributed by atoms with van der Waals surface area (Å²) in [5.74, 6) is -2.68. The lowest BCUT2D eigenvalue weighted by Gasteiger charge is -2.10. The van der Waals surface area contributed by atoms with Crippen LogP contribution in [-0.4, -0.2) is 30.9 Å². The number of halogens is 3. The van der Waals surface area contributed by atoms with Crippen molar-refractivity contribution in [2.45, 2.75) is 38.9 Å². The summed E-state index contributed by atoms with van der Waals surface area (Å²) in [7, 11) is 0. The van der Waals surface area contributed by atoms with E-state index < -0.39 is 23.9 Å². The van der Waals surface area contributed by atoms with Gasteiger partial charge in [0.2, 0.25) is 11.8 Å². The van der Waals surface area contributed by atoms with Gasteiger partial charge in [-0.25, -0.2) is 4.68 Å². The molecule has 0 aliphatic carbocycles. The zero-order chi connectivity index (χ0) is 20.3. The molecule has 0 spiro atoms. The minimum absolute atomic E-state index is 0.0925. The molecule has 0 saturated carbocycles. The van der Waals surface area contributed by atoms with Crippen LogP contribution < -0.4 is 10.9 Å². The molecule has 11 heteroatoms. The average Bonchev–Trinajstić information content (AvgIpc) is 3.13. The highest BCUT2D eigenvalue weighted by Crippen LogP contribution is 2.26. The minimum atomic E-state index is -4.71. The first-order valence-electron chi connectivity index (χ1n) is 8.62. The second-order valence-corrected chi connectivity index (χ2v) is 6.09. The number of carbonyl (C=O) groups is 1. The zero-order valence-corrected chi connectivity index (χ0v) is 14.9. The molecule has 8 nitrogen and oxygen atoms in total. The Morgan fingerprint density at radius 1 is 1.21 bits per heavy atom. The summed E-state index contributed by atoms with van der Waals surface area (Å²) < 4.78 is 39.1. The van der Waals surface area contributed by atoms with Gasteiger partial charge in [-0.1, -0.05) is 38.0 Å². The third kappa shape index (κ3) is 4.02. The summed E-state index contributed by atoms with van der Waals surface area (Å²) in [6.45, 7) is 2.35. The van der Waals surface area contributed by atoms with Gasteiger partial charge in [-0.3, -0.25) is 20.0 Å². The van der Waals surface area contributed by atoms with E-state index in [1.165, 1.54) is 4.68 Å². The van der Waals surface area contributed by atoms with Gasteiger partial charge < -0.3 is 0 Å². The number of benzene rings is 1. The van der Waals surface area contributed by atoms with Gasteiger partial charge in [-0.2, -0.15) is 23.3 Å². The Balaban J connectivity index is 1.96. The maximum absolute atomic E-state index is 12.6. The van der Waals surface area contributed by atoms with Crippen molar-refractivity contribution in [3.05, 3.63) is 46.1 Å². The molecule has 0 unspecified atom stereocenters. The highest BCUT2D eigenvalue weighted by atomic mass is 19.4. The predicted molar refractivity (Wildman–Crippen MR) is 94.9 cm³/mol. The number of unbranched alkanes of at least 4 members (excludes halogenated alkanes) is 2. The number of anilines is 1. The molecule has 0 aliphatic heterocycles. The molecular formula is C17H17F3N6O2. The maximum atomic E-state index is 12.6. The molecule has 0 fully saturated rings. The first-order chi connectivity index (χ1) is 13.3. The molecule has 3 rings (SSSR count). The first-order valence-corrected chi connectivity index (χ1v) is 8.62. The SMILES string of the molecule is CCCCCn1nc(C(=O)Nc2n[nH]c(C(F)(F)F)n2)c2ccccc2c1=O. The Morgan fingerprint density at radius 3 is 2.57 bits per heavy atom. The monoisotopic (exact) mass is 394 g/mol. The van der Waals surface area contributed by atoms with Crippen LogP contribution in [0.3, 0.4) is 0 Å². The van der Waals surface area contributed by atoms with Crippen LogP contribution in [-0.2, 0) is 12.7 Å². The van der Waals surface area contributed by atoms with Crippen molar-refractivity contribution in [3.8, 4) is 0 Å². The number of carbonyl (C=O) groups excluding carboxylic acids is 1. The first kappa shape index (κ1) is 19.5. The molecular weight excluding hydrogens is 377 g/mol. The van der Waals surface area contributed by atoms with E-state index in [4.69, 9.17) is 0 Å². The second-order valence-electron chi connectivity index (χ2n) is 6.09. The van der Waals surface area contributed by atoms with Gasteiger partial charge in [0.05, 0.1) is 5.39 Å². The van der Waals surface area contributed by atoms with E-state index in [-0.39, 0.29) is 11.3 Å². The molecule has 148 valence electrons. The zero-order valence-electron chi connectivity index (χ0n) is 14.9. The number of alkyl halides is 3. The molecule has 1 aromatic carbocycles. The number of aryl methyl sites for hydroxylation is 1. The van der Waals surface area contributed by atoms with Gasteiger partial charge in [-0.15, -0.1) is 5.10 Å². The van der Waals surface area contributed by atoms with Crippen LogP contribution in [0.1, 0.15) is 42.5 Å². The lowest BCUT2D eigenvalue weighted by molar-refractivity contribution is -0.144. The summed E-state index contributed by atoms with van der Waals surface area (Å²) in [5.41, 5.74) is -0.425. The number of hydrogen-bond acceptors (Lipinski definition) is 5. The Kier molecular flexibility index (Phi) is 5.43. The number of amides is 1. The van der Waals surface area contributed by atoms with E-state index in [0.717, 1.165) is 12.8 Å². The quantitative estimate of drug-likeness (QED) is 0.626. The minimum Gasteiger partial charge on any atom is -0.288 e. The number of nitrogens with zero attached hydrogens (tertiary/aromatic N) is 4. The number of aromatic amines is 1. The van der Waals surface area contributed by atoms with Crippen LogP contribution in [0.2, 0.25) is 0 Å². The molecule has 1 amide bonds. The van der Waals surface area contributed by atoms with Crippen LogP contribution in [0.5, 0.6) is 0 Å². The second kappa shape index (κ2) is 7.79. The lowest BCUT2D eigenvalue weighted by atomic mass is 10.1. The number of hydrogen-bond donors (Lipinski definition) is 2. The van der Waals surface area contributed by atoms with Crippen molar-refractivity contribution in [2.75, 3.05) is 5.32 Å². The molecule has 28 heavy (non-hydrogen) atoms. The molecule has 2 heterocycles. The van der Waals surface area contributed by atoms with E-state index in [1.54, 1.807) is 29.4 Å². The smallest absolute Gasteiger partial charge is 0.288 e. The molecule has 3 aromatic rings. The Hall–Kier alpha value is -3.24. The largest absolute Gasteiger partial charge is 0.451 e. The highest BCUT2D eigenvalue weighted by Gasteiger charge is 2.35. The predicted octanol–water partition coefficient (Wildman–Crippen LogP) is 2.98. The summed E-state index contributed by atoms with van der Waals surface area (Å²) in [6.07, 6.45) is -2.17. The van der Waals surface area contributed by atoms with Crippen molar-refractivity contribution in [1.82, 2.24) is 25.0 Å². The Morgan fingerprint density at radius 2 is 1.93 bits per heavy atom. The van der Waals surface area contributed by atoms with Crippen LogP contribution >= 0.6 is 0 Å². The van der Waals surface area contributed by atoms with Gasteiger partial charge in [0.25, 0.3) is 11.5 Å². The number of H-pyrrole nitrogens is 1. The molecule has 0 radical (unpaired) electrons. The fourth-order valence-corrected chi connectivity index (χ4v) is 2.67. The number of fused-ring (bicyclic) bond motifs is 1. The van der Waals surface area contributed by atoms with Crippen molar-refractivity contribution in [3.63, 3.8) is 0 Å². The van der Waals surface area contributed by atoms with E-state index >= 15 is 0 Å². The number of rotatable bonds is 6. The van der Waals surface area contributed by atoms with Crippen LogP contribution in [0, 0.1) is 0 Å². The van der Waals surface area contributed by atoms with Gasteiger partial charge >= 0.3 is 6.18 Å². The standard InChI is InChI=1S/C17H17F3N6O2/c1-2-3-6-9-26-14(28)11-8-5-4-7-10(11)12(25-26)13(27)21-16-22-15(23-24-16)17(18,19)20/h4-5,7-8H,2-3,6,9H2,1H3,(H2,21,22,23,24,27). The van der Waals surface area contributed by atoms with Gasteiger partial charge in [0.15, 0.2) is 5.69 Å². The highest BCUT2D eigenvalue weighted by molar-refractivity contribution is 6.10. The van der Waals surface area contributed by atoms with Crippen LogP contribution in [0.15, 0.2) is 29.1 Å². The van der Waals surface area contributed by atoms with Crippen molar-refractivity contribution in [1.29, 1.82) is 0 Å². The summed E-state index contributed by atoms with van der Waals surface area (Å²) in [6, 6.07) is 6.41. The lowest BCUT2D eigenvalue weighted by Crippen LogP contribution is -2.28. The molecule has 0 saturated heterocycles. The fourth-order valence-electron chi connectivity index (χ4n) is 2.67. The molecule has 2 aromatic heterocycles. The maximum Gasteiger partial charge on any atom is 0.451 e. The van der Waals surface area contributed by atoms with Crippen molar-refractivity contribution < 1.29 is 18.0 Å². The van der Waals surface area contributed by atoms with E-state index in [1.807, 2.05) is 6.92 Å². The third-order valence-corrected chi connectivity index (χ3v) is 4.04. The van der Waals surface area contributed by atoms with Crippen LogP contribution in [0.25, 0.3) is 10.8 Å². The summed E-state index contributed by atoms with van der Waals surface area (Å²) in [5, 5.41) is 12.0. The Labute approximate surface area is 156 Å². The van der Waals surface area contributed by atoms with Gasteiger partial charge in [-0.05, 0) is 12.5 Å². The van der Waals surface area contributed by atoms with Crippen LogP contribution in [0.4, 0.5) is 19.1 Å². The summed E-state index contributed by atoms with van der Waals surface area (Å²) >= 11 is 0. The molecule has 0 aliphatic rings. The normalized spacial score (nSPS) is 11.7. The summed E-state index contributed by atoms with van der Waals surface area (Å²) in [4.78, 5) is 28.4. The van der Waals surface area contributed by atoms with Gasteiger partial charge in [0, 0.05) is 11.9 Å². The fraction of sp³-hybridized carbons (Fsp3) is 0.353.